The van der Waals surface area contributed by atoms with Crippen LogP contribution in [0.1, 0.15) is 64.7 Å². The lowest BCUT2D eigenvalue weighted by molar-refractivity contribution is -0.215. The number of nitrogens with one attached hydrogen (secondary N) is 1. The Morgan fingerprint density at radius 3 is 2.24 bits per heavy atom. The quantitative estimate of drug-likeness (QED) is 0.184. The van der Waals surface area contributed by atoms with Crippen molar-refractivity contribution in [2.24, 2.45) is 0 Å². The summed E-state index contributed by atoms with van der Waals surface area (Å²) in [5.41, 5.74) is 0. The first kappa shape index (κ1) is 20.5. The molecule has 0 aliphatic rings. The first-order chi connectivity index (χ1) is 9.98. The van der Waals surface area contributed by atoms with Gasteiger partial charge in [-0.25, -0.2) is 14.5 Å². The maximum absolute atomic E-state index is 11.3. The van der Waals surface area contributed by atoms with Gasteiger partial charge in [0.15, 0.2) is 0 Å². The summed E-state index contributed by atoms with van der Waals surface area (Å²) < 4.78 is 15.7. The molecule has 0 aliphatic carbocycles. The molecule has 0 aromatic heterocycles. The van der Waals surface area contributed by atoms with Gasteiger partial charge in [0.05, 0.1) is 13.0 Å². The molecule has 0 rings (SSSR count). The molecule has 0 saturated carbocycles. The molecular formula is C13H28NO6P. The van der Waals surface area contributed by atoms with Crippen LogP contribution in [0, 0.1) is 0 Å². The van der Waals surface area contributed by atoms with Gasteiger partial charge < -0.3 is 10.00 Å². The van der Waals surface area contributed by atoms with Crippen molar-refractivity contribution < 1.29 is 28.9 Å². The smallest absolute Gasteiger partial charge is 0.430 e. The summed E-state index contributed by atoms with van der Waals surface area (Å²) >= 11 is 0. The van der Waals surface area contributed by atoms with E-state index in [1.165, 1.54) is 32.1 Å². The second-order valence-electron chi connectivity index (χ2n) is 4.94. The van der Waals surface area contributed by atoms with Crippen molar-refractivity contribution in [3.05, 3.63) is 0 Å². The molecule has 0 fully saturated rings. The molecule has 21 heavy (non-hydrogen) atoms. The summed E-state index contributed by atoms with van der Waals surface area (Å²) in [4.78, 5) is 24.2. The van der Waals surface area contributed by atoms with E-state index in [0.29, 0.717) is 0 Å². The minimum Gasteiger partial charge on any atom is -0.481 e. The minimum absolute atomic E-state index is 0.149. The van der Waals surface area contributed by atoms with Gasteiger partial charge in [-0.15, -0.1) is 4.67 Å². The van der Waals surface area contributed by atoms with Gasteiger partial charge in [-0.3, -0.25) is 4.79 Å². The third-order valence-electron chi connectivity index (χ3n) is 2.89. The van der Waals surface area contributed by atoms with Crippen LogP contribution in [0.3, 0.4) is 0 Å². The van der Waals surface area contributed by atoms with E-state index in [1.54, 1.807) is 0 Å². The number of carboxylic acid groups (broad SMARTS) is 1. The Morgan fingerprint density at radius 2 is 1.67 bits per heavy atom. The average Bonchev–Trinajstić information content (AvgIpc) is 2.40. The van der Waals surface area contributed by atoms with Crippen LogP contribution in [0.25, 0.3) is 0 Å². The predicted octanol–water partition coefficient (Wildman–Crippen LogP) is 3.24. The summed E-state index contributed by atoms with van der Waals surface area (Å²) in [7, 11) is -4.06. The van der Waals surface area contributed by atoms with E-state index in [2.05, 4.69) is 21.6 Å². The zero-order chi connectivity index (χ0) is 16.0. The molecule has 7 nitrogen and oxygen atoms in total. The first-order valence-electron chi connectivity index (χ1n) is 7.59. The zero-order valence-electron chi connectivity index (χ0n) is 12.8. The molecule has 126 valence electrons. The highest BCUT2D eigenvalue weighted by Gasteiger charge is 2.20. The van der Waals surface area contributed by atoms with Crippen molar-refractivity contribution in [2.45, 2.75) is 64.7 Å². The Kier molecular flexibility index (Phi) is 12.9. The highest BCUT2D eigenvalue weighted by atomic mass is 31.2. The number of rotatable bonds is 15. The number of carbonyl (C=O) groups is 1. The Balaban J connectivity index is 3.36. The maximum atomic E-state index is 11.3. The summed E-state index contributed by atoms with van der Waals surface area (Å²) in [5, 5.41) is 10.5. The molecule has 0 aromatic rings. The Hall–Kier alpha value is -0.460. The molecule has 0 saturated heterocycles. The third-order valence-corrected chi connectivity index (χ3v) is 3.82. The topological polar surface area (TPSA) is 105 Å². The molecule has 0 radical (unpaired) electrons. The molecule has 1 atom stereocenters. The zero-order valence-corrected chi connectivity index (χ0v) is 13.6. The van der Waals surface area contributed by atoms with Crippen molar-refractivity contribution in [3.8, 4) is 0 Å². The number of hydrogen-bond acceptors (Lipinski definition) is 4. The van der Waals surface area contributed by atoms with Crippen LogP contribution >= 0.6 is 7.75 Å². The SMILES string of the molecule is CCCCCCCCCCOOP(=O)(O)NCCC(=O)O. The minimum atomic E-state index is -4.06. The monoisotopic (exact) mass is 325 g/mol. The van der Waals surface area contributed by atoms with E-state index in [4.69, 9.17) is 5.11 Å². The van der Waals surface area contributed by atoms with E-state index < -0.39 is 13.7 Å². The molecule has 0 heterocycles. The van der Waals surface area contributed by atoms with Gasteiger partial charge in [0.25, 0.3) is 0 Å². The van der Waals surface area contributed by atoms with Gasteiger partial charge in [-0.05, 0) is 6.42 Å². The average molecular weight is 325 g/mol. The van der Waals surface area contributed by atoms with Gasteiger partial charge in [0.1, 0.15) is 0 Å². The molecule has 0 bridgehead atoms. The van der Waals surface area contributed by atoms with Crippen LogP contribution in [-0.2, 0) is 18.9 Å². The fraction of sp³-hybridized carbons (Fsp3) is 0.923. The summed E-state index contributed by atoms with van der Waals surface area (Å²) in [6.45, 7) is 2.29. The van der Waals surface area contributed by atoms with Crippen molar-refractivity contribution in [2.75, 3.05) is 13.2 Å². The normalized spacial score (nSPS) is 14.0. The largest absolute Gasteiger partial charge is 0.481 e. The summed E-state index contributed by atoms with van der Waals surface area (Å²) in [6, 6.07) is 0. The molecule has 0 aromatic carbocycles. The van der Waals surface area contributed by atoms with Gasteiger partial charge in [0, 0.05) is 6.54 Å². The summed E-state index contributed by atoms with van der Waals surface area (Å²) in [6.07, 6.45) is 8.91. The van der Waals surface area contributed by atoms with Crippen LogP contribution in [-0.4, -0.2) is 29.1 Å². The van der Waals surface area contributed by atoms with Crippen molar-refractivity contribution in [1.29, 1.82) is 0 Å². The lowest BCUT2D eigenvalue weighted by atomic mass is 10.1. The van der Waals surface area contributed by atoms with Crippen LogP contribution in [0.5, 0.6) is 0 Å². The van der Waals surface area contributed by atoms with E-state index in [-0.39, 0.29) is 19.6 Å². The fourth-order valence-electron chi connectivity index (χ4n) is 1.73. The van der Waals surface area contributed by atoms with Crippen LogP contribution in [0.2, 0.25) is 0 Å². The molecule has 1 unspecified atom stereocenters. The number of carboxylic acids is 1. The standard InChI is InChI=1S/C13H28NO6P/c1-2-3-4-5-6-7-8-9-12-19-20-21(17,18)14-11-10-13(15)16/h2-12H2,1H3,(H,15,16)(H2,14,17,18). The van der Waals surface area contributed by atoms with Gasteiger partial charge in [-0.1, -0.05) is 51.9 Å². The van der Waals surface area contributed by atoms with Crippen LogP contribution < -0.4 is 5.09 Å². The predicted molar refractivity (Wildman–Crippen MR) is 79.7 cm³/mol. The third kappa shape index (κ3) is 15.7. The lowest BCUT2D eigenvalue weighted by Crippen LogP contribution is -2.16. The Morgan fingerprint density at radius 1 is 1.10 bits per heavy atom. The van der Waals surface area contributed by atoms with Crippen LogP contribution in [0.4, 0.5) is 0 Å². The lowest BCUT2D eigenvalue weighted by Gasteiger charge is -2.11. The van der Waals surface area contributed by atoms with Crippen molar-refractivity contribution in [3.63, 3.8) is 0 Å². The van der Waals surface area contributed by atoms with Gasteiger partial charge >= 0.3 is 13.7 Å². The second-order valence-corrected chi connectivity index (χ2v) is 6.45. The summed E-state index contributed by atoms with van der Waals surface area (Å²) in [5.74, 6) is -1.05. The molecule has 8 heteroatoms. The number of aliphatic carboxylic acids is 1. The maximum Gasteiger partial charge on any atom is 0.430 e. The van der Waals surface area contributed by atoms with Crippen LogP contribution in [0.15, 0.2) is 0 Å². The van der Waals surface area contributed by atoms with E-state index >= 15 is 0 Å². The fourth-order valence-corrected chi connectivity index (χ4v) is 2.40. The highest BCUT2D eigenvalue weighted by Crippen LogP contribution is 2.36. The first-order valence-corrected chi connectivity index (χ1v) is 9.16. The highest BCUT2D eigenvalue weighted by molar-refractivity contribution is 7.50. The Labute approximate surface area is 126 Å². The number of unbranched alkanes of at least 4 members (excludes halogenated alkanes) is 7. The second kappa shape index (κ2) is 13.2. The van der Waals surface area contributed by atoms with Crippen molar-refractivity contribution >= 4 is 13.7 Å². The van der Waals surface area contributed by atoms with Crippen molar-refractivity contribution in [1.82, 2.24) is 5.09 Å². The van der Waals surface area contributed by atoms with Gasteiger partial charge in [0.2, 0.25) is 0 Å². The van der Waals surface area contributed by atoms with E-state index in [1.807, 2.05) is 0 Å². The van der Waals surface area contributed by atoms with Gasteiger partial charge in [-0.2, -0.15) is 0 Å². The molecule has 3 N–H and O–H groups in total. The molecule has 0 amide bonds. The molecular weight excluding hydrogens is 297 g/mol. The molecule has 0 aliphatic heterocycles. The molecule has 0 spiro atoms. The van der Waals surface area contributed by atoms with E-state index in [9.17, 15) is 14.3 Å². The Bertz CT molecular complexity index is 313. The number of hydrogen-bond donors (Lipinski definition) is 3. The van der Waals surface area contributed by atoms with E-state index in [0.717, 1.165) is 19.3 Å².